The number of pyridine rings is 1. The monoisotopic (exact) mass is 340 g/mol. The van der Waals surface area contributed by atoms with Crippen LogP contribution in [0.25, 0.3) is 10.9 Å². The fourth-order valence-electron chi connectivity index (χ4n) is 2.26. The van der Waals surface area contributed by atoms with Gasteiger partial charge in [-0.25, -0.2) is 4.79 Å². The molecule has 0 saturated heterocycles. The topological polar surface area (TPSA) is 68.3 Å². The van der Waals surface area contributed by atoms with Crippen molar-refractivity contribution in [3.05, 3.63) is 70.9 Å². The molecular weight excluding hydrogens is 328 g/mol. The second kappa shape index (κ2) is 6.68. The van der Waals surface area contributed by atoms with Crippen LogP contribution in [0.1, 0.15) is 20.7 Å². The molecule has 0 atom stereocenters. The Kier molecular flexibility index (Phi) is 4.44. The van der Waals surface area contributed by atoms with Gasteiger partial charge in [-0.3, -0.25) is 9.78 Å². The Labute approximate surface area is 143 Å². The lowest BCUT2D eigenvalue weighted by molar-refractivity contribution is 0.0600. The first-order valence-electron chi connectivity index (χ1n) is 7.12. The Hall–Kier alpha value is -2.92. The minimum Gasteiger partial charge on any atom is -0.465 e. The van der Waals surface area contributed by atoms with E-state index in [1.807, 2.05) is 24.3 Å². The first-order chi connectivity index (χ1) is 11.6. The van der Waals surface area contributed by atoms with Gasteiger partial charge in [0, 0.05) is 11.6 Å². The van der Waals surface area contributed by atoms with Crippen molar-refractivity contribution in [2.24, 2.45) is 0 Å². The third-order valence-electron chi connectivity index (χ3n) is 3.49. The highest BCUT2D eigenvalue weighted by Gasteiger charge is 2.13. The standard InChI is InChI=1S/C18H13ClN2O3/c1-24-18(23)12-6-7-14(19)16(9-12)21-17(22)13-8-11-4-2-3-5-15(11)20-10-13/h2-10H,1H3,(H,21,22). The summed E-state index contributed by atoms with van der Waals surface area (Å²) >= 11 is 6.09. The number of anilines is 1. The number of rotatable bonds is 3. The maximum Gasteiger partial charge on any atom is 0.337 e. The molecular formula is C18H13ClN2O3. The summed E-state index contributed by atoms with van der Waals surface area (Å²) in [6.07, 6.45) is 1.50. The molecule has 0 aliphatic carbocycles. The van der Waals surface area contributed by atoms with E-state index in [-0.39, 0.29) is 5.91 Å². The van der Waals surface area contributed by atoms with E-state index in [2.05, 4.69) is 15.0 Å². The number of halogens is 1. The van der Waals surface area contributed by atoms with Gasteiger partial charge in [-0.2, -0.15) is 0 Å². The highest BCUT2D eigenvalue weighted by molar-refractivity contribution is 6.34. The van der Waals surface area contributed by atoms with Crippen molar-refractivity contribution in [1.82, 2.24) is 4.98 Å². The van der Waals surface area contributed by atoms with E-state index in [1.165, 1.54) is 31.5 Å². The summed E-state index contributed by atoms with van der Waals surface area (Å²) in [5.74, 6) is -0.869. The number of fused-ring (bicyclic) bond motifs is 1. The first-order valence-corrected chi connectivity index (χ1v) is 7.50. The van der Waals surface area contributed by atoms with Gasteiger partial charge in [0.15, 0.2) is 0 Å². The van der Waals surface area contributed by atoms with E-state index in [1.54, 1.807) is 6.07 Å². The van der Waals surface area contributed by atoms with Crippen LogP contribution < -0.4 is 5.32 Å². The minimum atomic E-state index is -0.505. The Morgan fingerprint density at radius 1 is 1.08 bits per heavy atom. The molecule has 0 fully saturated rings. The fraction of sp³-hybridized carbons (Fsp3) is 0.0556. The van der Waals surface area contributed by atoms with Gasteiger partial charge < -0.3 is 10.1 Å². The second-order valence-corrected chi connectivity index (χ2v) is 5.46. The molecule has 3 rings (SSSR count). The number of nitrogens with one attached hydrogen (secondary N) is 1. The number of carbonyl (C=O) groups is 2. The maximum atomic E-state index is 12.4. The second-order valence-electron chi connectivity index (χ2n) is 5.06. The lowest BCUT2D eigenvalue weighted by atomic mass is 10.1. The van der Waals surface area contributed by atoms with Gasteiger partial charge >= 0.3 is 5.97 Å². The average molecular weight is 341 g/mol. The highest BCUT2D eigenvalue weighted by atomic mass is 35.5. The Morgan fingerprint density at radius 2 is 1.88 bits per heavy atom. The molecule has 6 heteroatoms. The van der Waals surface area contributed by atoms with Crippen LogP contribution in [0.4, 0.5) is 5.69 Å². The number of benzene rings is 2. The molecule has 1 amide bonds. The number of aromatic nitrogens is 1. The zero-order valence-corrected chi connectivity index (χ0v) is 13.5. The van der Waals surface area contributed by atoms with Gasteiger partial charge in [0.2, 0.25) is 0 Å². The molecule has 0 radical (unpaired) electrons. The molecule has 1 aromatic heterocycles. The number of amides is 1. The number of carbonyl (C=O) groups excluding carboxylic acids is 2. The van der Waals surface area contributed by atoms with Gasteiger partial charge in [-0.15, -0.1) is 0 Å². The van der Waals surface area contributed by atoms with Crippen molar-refractivity contribution < 1.29 is 14.3 Å². The van der Waals surface area contributed by atoms with Crippen molar-refractivity contribution in [1.29, 1.82) is 0 Å². The van der Waals surface area contributed by atoms with E-state index in [4.69, 9.17) is 11.6 Å². The highest BCUT2D eigenvalue weighted by Crippen LogP contribution is 2.24. The summed E-state index contributed by atoms with van der Waals surface area (Å²) in [5.41, 5.74) is 1.83. The minimum absolute atomic E-state index is 0.300. The van der Waals surface area contributed by atoms with Crippen molar-refractivity contribution in [2.45, 2.75) is 0 Å². The molecule has 2 aromatic carbocycles. The lowest BCUT2D eigenvalue weighted by Gasteiger charge is -2.09. The smallest absolute Gasteiger partial charge is 0.337 e. The molecule has 0 aliphatic heterocycles. The Balaban J connectivity index is 1.89. The molecule has 1 N–H and O–H groups in total. The molecule has 0 saturated carbocycles. The lowest BCUT2D eigenvalue weighted by Crippen LogP contribution is -2.13. The van der Waals surface area contributed by atoms with Crippen LogP contribution in [0, 0.1) is 0 Å². The number of hydrogen-bond acceptors (Lipinski definition) is 4. The van der Waals surface area contributed by atoms with E-state index in [0.29, 0.717) is 21.8 Å². The van der Waals surface area contributed by atoms with Gasteiger partial charge in [0.1, 0.15) is 0 Å². The van der Waals surface area contributed by atoms with Crippen molar-refractivity contribution in [3.63, 3.8) is 0 Å². The SMILES string of the molecule is COC(=O)c1ccc(Cl)c(NC(=O)c2cnc3ccccc3c2)c1. The normalized spacial score (nSPS) is 10.4. The number of ether oxygens (including phenoxy) is 1. The summed E-state index contributed by atoms with van der Waals surface area (Å²) < 4.78 is 4.66. The molecule has 0 spiro atoms. The Bertz CT molecular complexity index is 940. The molecule has 120 valence electrons. The predicted octanol–water partition coefficient (Wildman–Crippen LogP) is 3.93. The number of esters is 1. The van der Waals surface area contributed by atoms with E-state index < -0.39 is 5.97 Å². The number of nitrogens with zero attached hydrogens (tertiary/aromatic N) is 1. The third kappa shape index (κ3) is 3.21. The zero-order chi connectivity index (χ0) is 17.1. The van der Waals surface area contributed by atoms with Gasteiger partial charge in [-0.1, -0.05) is 29.8 Å². The van der Waals surface area contributed by atoms with E-state index in [9.17, 15) is 9.59 Å². The third-order valence-corrected chi connectivity index (χ3v) is 3.82. The maximum absolute atomic E-state index is 12.4. The zero-order valence-electron chi connectivity index (χ0n) is 12.7. The quantitative estimate of drug-likeness (QED) is 0.733. The van der Waals surface area contributed by atoms with Crippen molar-refractivity contribution in [2.75, 3.05) is 12.4 Å². The Morgan fingerprint density at radius 3 is 2.67 bits per heavy atom. The van der Waals surface area contributed by atoms with Gasteiger partial charge in [0.25, 0.3) is 5.91 Å². The molecule has 1 heterocycles. The molecule has 0 aliphatic rings. The number of methoxy groups -OCH3 is 1. The predicted molar refractivity (Wildman–Crippen MR) is 92.5 cm³/mol. The molecule has 5 nitrogen and oxygen atoms in total. The van der Waals surface area contributed by atoms with E-state index >= 15 is 0 Å². The largest absolute Gasteiger partial charge is 0.465 e. The molecule has 3 aromatic rings. The van der Waals surface area contributed by atoms with Crippen LogP contribution in [-0.2, 0) is 4.74 Å². The van der Waals surface area contributed by atoms with Crippen LogP contribution in [0.5, 0.6) is 0 Å². The van der Waals surface area contributed by atoms with Gasteiger partial charge in [-0.05, 0) is 30.3 Å². The number of para-hydroxylation sites is 1. The molecule has 0 bridgehead atoms. The molecule has 24 heavy (non-hydrogen) atoms. The summed E-state index contributed by atoms with van der Waals surface area (Å²) in [5, 5.41) is 3.88. The van der Waals surface area contributed by atoms with Crippen molar-refractivity contribution in [3.8, 4) is 0 Å². The summed E-state index contributed by atoms with van der Waals surface area (Å²) in [6.45, 7) is 0. The van der Waals surface area contributed by atoms with Crippen LogP contribution in [0.2, 0.25) is 5.02 Å². The van der Waals surface area contributed by atoms with Crippen LogP contribution in [0.3, 0.4) is 0 Å². The number of hydrogen-bond donors (Lipinski definition) is 1. The summed E-state index contributed by atoms with van der Waals surface area (Å²) in [6, 6.07) is 13.8. The van der Waals surface area contributed by atoms with Gasteiger partial charge in [0.05, 0.1) is 34.5 Å². The summed E-state index contributed by atoms with van der Waals surface area (Å²) in [7, 11) is 1.29. The molecule has 0 unspecified atom stereocenters. The average Bonchev–Trinajstić information content (AvgIpc) is 2.62. The first kappa shape index (κ1) is 16.0. The summed E-state index contributed by atoms with van der Waals surface area (Å²) in [4.78, 5) is 28.3. The van der Waals surface area contributed by atoms with Crippen molar-refractivity contribution >= 4 is 40.1 Å². The van der Waals surface area contributed by atoms with E-state index in [0.717, 1.165) is 10.9 Å². The van der Waals surface area contributed by atoms with Crippen LogP contribution >= 0.6 is 11.6 Å². The van der Waals surface area contributed by atoms with Crippen LogP contribution in [-0.4, -0.2) is 24.0 Å². The van der Waals surface area contributed by atoms with Crippen LogP contribution in [0.15, 0.2) is 54.7 Å². The fourth-order valence-corrected chi connectivity index (χ4v) is 2.42.